The minimum absolute atomic E-state index is 0.651. The fourth-order valence-electron chi connectivity index (χ4n) is 1.26. The van der Waals surface area contributed by atoms with Gasteiger partial charge in [-0.05, 0) is 31.2 Å². The van der Waals surface area contributed by atoms with Gasteiger partial charge in [-0.1, -0.05) is 0 Å². The molecule has 0 saturated heterocycles. The second-order valence-corrected chi connectivity index (χ2v) is 3.24. The summed E-state index contributed by atoms with van der Waals surface area (Å²) < 4.78 is 0. The van der Waals surface area contributed by atoms with Crippen molar-refractivity contribution >= 4 is 23.0 Å². The lowest BCUT2D eigenvalue weighted by Crippen LogP contribution is -2.24. The van der Waals surface area contributed by atoms with Crippen molar-refractivity contribution in [1.29, 1.82) is 0 Å². The van der Waals surface area contributed by atoms with Crippen molar-refractivity contribution in [3.8, 4) is 0 Å². The zero-order valence-electron chi connectivity index (χ0n) is 7.83. The summed E-state index contributed by atoms with van der Waals surface area (Å²) in [6.45, 7) is 3.96. The highest BCUT2D eigenvalue weighted by Gasteiger charge is 2.01. The number of nitrogens with zero attached hydrogens (tertiary/aromatic N) is 1. The van der Waals surface area contributed by atoms with E-state index in [1.54, 1.807) is 0 Å². The minimum atomic E-state index is 0.651. The summed E-state index contributed by atoms with van der Waals surface area (Å²) in [6.07, 6.45) is 0. The smallest absolute Gasteiger partial charge is 0.0399 e. The summed E-state index contributed by atoms with van der Waals surface area (Å²) in [7, 11) is 0. The van der Waals surface area contributed by atoms with E-state index in [9.17, 15) is 0 Å². The molecule has 0 amide bonds. The second kappa shape index (κ2) is 4.97. The van der Waals surface area contributed by atoms with Crippen molar-refractivity contribution in [1.82, 2.24) is 0 Å². The zero-order chi connectivity index (χ0) is 9.68. The van der Waals surface area contributed by atoms with Gasteiger partial charge in [-0.15, -0.1) is 11.6 Å². The number of hydrogen-bond acceptors (Lipinski definition) is 2. The van der Waals surface area contributed by atoms with E-state index in [1.807, 2.05) is 24.3 Å². The molecular formula is C10H15ClN2. The summed E-state index contributed by atoms with van der Waals surface area (Å²) in [5.74, 6) is 0.651. The molecule has 2 nitrogen and oxygen atoms in total. The van der Waals surface area contributed by atoms with Crippen molar-refractivity contribution < 1.29 is 0 Å². The lowest BCUT2D eigenvalue weighted by molar-refractivity contribution is 0.870. The fourth-order valence-corrected chi connectivity index (χ4v) is 1.46. The second-order valence-electron chi connectivity index (χ2n) is 2.86. The van der Waals surface area contributed by atoms with E-state index < -0.39 is 0 Å². The van der Waals surface area contributed by atoms with Gasteiger partial charge in [0.1, 0.15) is 0 Å². The van der Waals surface area contributed by atoms with Crippen LogP contribution in [0.4, 0.5) is 11.4 Å². The molecule has 13 heavy (non-hydrogen) atoms. The predicted molar refractivity (Wildman–Crippen MR) is 59.5 cm³/mol. The van der Waals surface area contributed by atoms with Gasteiger partial charge in [-0.2, -0.15) is 0 Å². The van der Waals surface area contributed by atoms with Gasteiger partial charge in [0, 0.05) is 30.3 Å². The van der Waals surface area contributed by atoms with E-state index in [2.05, 4.69) is 11.8 Å². The van der Waals surface area contributed by atoms with Crippen LogP contribution in [0.3, 0.4) is 0 Å². The third-order valence-electron chi connectivity index (χ3n) is 1.99. The van der Waals surface area contributed by atoms with Gasteiger partial charge in [0.05, 0.1) is 0 Å². The Labute approximate surface area is 84.3 Å². The van der Waals surface area contributed by atoms with Crippen LogP contribution in [0, 0.1) is 0 Å². The molecule has 3 heteroatoms. The number of nitrogen functional groups attached to an aromatic ring is 1. The molecule has 0 atom stereocenters. The molecule has 0 saturated carbocycles. The molecule has 0 unspecified atom stereocenters. The number of hydrogen-bond donors (Lipinski definition) is 1. The lowest BCUT2D eigenvalue weighted by atomic mass is 10.2. The van der Waals surface area contributed by atoms with Crippen LogP contribution in [0.2, 0.25) is 0 Å². The van der Waals surface area contributed by atoms with Crippen LogP contribution in [-0.2, 0) is 0 Å². The van der Waals surface area contributed by atoms with Gasteiger partial charge < -0.3 is 10.6 Å². The van der Waals surface area contributed by atoms with E-state index in [0.29, 0.717) is 5.88 Å². The Morgan fingerprint density at radius 1 is 1.31 bits per heavy atom. The molecule has 2 N–H and O–H groups in total. The summed E-state index contributed by atoms with van der Waals surface area (Å²) in [5, 5.41) is 0. The Morgan fingerprint density at radius 2 is 1.92 bits per heavy atom. The van der Waals surface area contributed by atoms with Gasteiger partial charge in [0.15, 0.2) is 0 Å². The topological polar surface area (TPSA) is 29.3 Å². The Morgan fingerprint density at radius 3 is 2.38 bits per heavy atom. The van der Waals surface area contributed by atoms with Crippen LogP contribution < -0.4 is 10.6 Å². The minimum Gasteiger partial charge on any atom is -0.399 e. The zero-order valence-corrected chi connectivity index (χ0v) is 8.59. The van der Waals surface area contributed by atoms with Crippen LogP contribution in [-0.4, -0.2) is 19.0 Å². The molecule has 72 valence electrons. The first-order valence-electron chi connectivity index (χ1n) is 4.44. The highest BCUT2D eigenvalue weighted by atomic mass is 35.5. The van der Waals surface area contributed by atoms with Gasteiger partial charge in [0.25, 0.3) is 0 Å². The fraction of sp³-hybridized carbons (Fsp3) is 0.400. The van der Waals surface area contributed by atoms with Gasteiger partial charge >= 0.3 is 0 Å². The number of halogens is 1. The summed E-state index contributed by atoms with van der Waals surface area (Å²) >= 11 is 5.69. The summed E-state index contributed by atoms with van der Waals surface area (Å²) in [5.41, 5.74) is 7.57. The Hall–Kier alpha value is -0.890. The first-order chi connectivity index (χ1) is 6.27. The van der Waals surface area contributed by atoms with Crippen molar-refractivity contribution in [2.45, 2.75) is 6.92 Å². The molecule has 0 aliphatic heterocycles. The molecule has 0 spiro atoms. The SMILES string of the molecule is CCN(CCCl)c1ccc(N)cc1. The van der Waals surface area contributed by atoms with Crippen LogP contribution in [0.5, 0.6) is 0 Å². The number of benzene rings is 1. The monoisotopic (exact) mass is 198 g/mol. The van der Waals surface area contributed by atoms with Crippen LogP contribution in [0.15, 0.2) is 24.3 Å². The first kappa shape index (κ1) is 10.2. The maximum atomic E-state index is 5.69. The molecule has 1 rings (SSSR count). The van der Waals surface area contributed by atoms with Crippen LogP contribution >= 0.6 is 11.6 Å². The number of alkyl halides is 1. The van der Waals surface area contributed by atoms with Gasteiger partial charge in [-0.25, -0.2) is 0 Å². The number of nitrogens with two attached hydrogens (primary N) is 1. The number of rotatable bonds is 4. The maximum Gasteiger partial charge on any atom is 0.0399 e. The van der Waals surface area contributed by atoms with E-state index in [-0.39, 0.29) is 0 Å². The molecule has 0 fully saturated rings. The summed E-state index contributed by atoms with van der Waals surface area (Å²) in [6, 6.07) is 7.86. The Kier molecular flexibility index (Phi) is 3.90. The van der Waals surface area contributed by atoms with Crippen LogP contribution in [0.25, 0.3) is 0 Å². The quantitative estimate of drug-likeness (QED) is 0.595. The van der Waals surface area contributed by atoms with E-state index >= 15 is 0 Å². The summed E-state index contributed by atoms with van der Waals surface area (Å²) in [4.78, 5) is 2.21. The molecule has 1 aromatic rings. The van der Waals surface area contributed by atoms with Gasteiger partial charge in [-0.3, -0.25) is 0 Å². The van der Waals surface area contributed by atoms with Crippen molar-refractivity contribution in [2.75, 3.05) is 29.6 Å². The van der Waals surface area contributed by atoms with Crippen molar-refractivity contribution in [2.24, 2.45) is 0 Å². The molecule has 0 aliphatic rings. The third-order valence-corrected chi connectivity index (χ3v) is 2.16. The molecule has 0 bridgehead atoms. The average molecular weight is 199 g/mol. The standard InChI is InChI=1S/C10H15ClN2/c1-2-13(8-7-11)10-5-3-9(12)4-6-10/h3-6H,2,7-8,12H2,1H3. The van der Waals surface area contributed by atoms with Crippen LogP contribution in [0.1, 0.15) is 6.92 Å². The highest BCUT2D eigenvalue weighted by Crippen LogP contribution is 2.15. The molecule has 1 aromatic carbocycles. The van der Waals surface area contributed by atoms with E-state index in [1.165, 1.54) is 5.69 Å². The lowest BCUT2D eigenvalue weighted by Gasteiger charge is -2.21. The average Bonchev–Trinajstić information content (AvgIpc) is 2.16. The third kappa shape index (κ3) is 2.81. The Bertz CT molecular complexity index is 246. The van der Waals surface area contributed by atoms with E-state index in [4.69, 9.17) is 17.3 Å². The Balaban J connectivity index is 2.73. The number of anilines is 2. The largest absolute Gasteiger partial charge is 0.399 e. The van der Waals surface area contributed by atoms with Crippen molar-refractivity contribution in [3.05, 3.63) is 24.3 Å². The molecular weight excluding hydrogens is 184 g/mol. The molecule has 0 heterocycles. The maximum absolute atomic E-state index is 5.69. The highest BCUT2D eigenvalue weighted by molar-refractivity contribution is 6.18. The predicted octanol–water partition coefficient (Wildman–Crippen LogP) is 2.33. The van der Waals surface area contributed by atoms with E-state index in [0.717, 1.165) is 18.8 Å². The normalized spacial score (nSPS) is 10.0. The molecule has 0 aromatic heterocycles. The molecule has 0 radical (unpaired) electrons. The molecule has 0 aliphatic carbocycles. The van der Waals surface area contributed by atoms with Crippen molar-refractivity contribution in [3.63, 3.8) is 0 Å². The first-order valence-corrected chi connectivity index (χ1v) is 4.97. The van der Waals surface area contributed by atoms with Gasteiger partial charge in [0.2, 0.25) is 0 Å².